The number of rotatable bonds is 4. The summed E-state index contributed by atoms with van der Waals surface area (Å²) in [5.74, 6) is 0.00440. The van der Waals surface area contributed by atoms with Gasteiger partial charge in [-0.05, 0) is 38.3 Å². The molecule has 0 spiro atoms. The maximum absolute atomic E-state index is 12.5. The van der Waals surface area contributed by atoms with Crippen LogP contribution in [-0.2, 0) is 6.54 Å². The number of benzene rings is 1. The van der Waals surface area contributed by atoms with Gasteiger partial charge >= 0.3 is 0 Å². The highest BCUT2D eigenvalue weighted by atomic mass is 32.1. The quantitative estimate of drug-likeness (QED) is 0.736. The van der Waals surface area contributed by atoms with Crippen LogP contribution >= 0.6 is 11.3 Å². The van der Waals surface area contributed by atoms with Crippen molar-refractivity contribution in [2.45, 2.75) is 39.3 Å². The lowest BCUT2D eigenvalue weighted by molar-refractivity contribution is 0.0908. The van der Waals surface area contributed by atoms with Gasteiger partial charge in [0.2, 0.25) is 0 Å². The molecule has 28 heavy (non-hydrogen) atoms. The lowest BCUT2D eigenvalue weighted by Crippen LogP contribution is -2.44. The Labute approximate surface area is 167 Å². The minimum absolute atomic E-state index is 0.00440. The van der Waals surface area contributed by atoms with E-state index in [1.54, 1.807) is 10.5 Å². The van der Waals surface area contributed by atoms with Crippen LogP contribution in [0.1, 0.15) is 40.2 Å². The van der Waals surface area contributed by atoms with Gasteiger partial charge in [0, 0.05) is 48.4 Å². The summed E-state index contributed by atoms with van der Waals surface area (Å²) in [7, 11) is 0. The van der Waals surface area contributed by atoms with E-state index in [0.717, 1.165) is 53.4 Å². The van der Waals surface area contributed by atoms with Crippen LogP contribution in [0.3, 0.4) is 0 Å². The van der Waals surface area contributed by atoms with E-state index in [1.807, 2.05) is 43.5 Å². The first kappa shape index (κ1) is 18.8. The minimum Gasteiger partial charge on any atom is -0.349 e. The maximum Gasteiger partial charge on any atom is 0.259 e. The molecule has 1 aromatic carbocycles. The molecular formula is C21H24N4O2S. The molecule has 1 N–H and O–H groups in total. The van der Waals surface area contributed by atoms with E-state index < -0.39 is 0 Å². The van der Waals surface area contributed by atoms with E-state index >= 15 is 0 Å². The summed E-state index contributed by atoms with van der Waals surface area (Å²) in [4.78, 5) is 32.5. The van der Waals surface area contributed by atoms with Crippen LogP contribution in [0.2, 0.25) is 0 Å². The summed E-state index contributed by atoms with van der Waals surface area (Å²) < 4.78 is 1.65. The number of nitrogens with zero attached hydrogens (tertiary/aromatic N) is 3. The normalized spacial score (nSPS) is 15.8. The number of carbonyl (C=O) groups excluding carboxylic acids is 1. The second-order valence-electron chi connectivity index (χ2n) is 7.42. The average Bonchev–Trinajstić information content (AvgIpc) is 3.05. The van der Waals surface area contributed by atoms with Gasteiger partial charge in [0.15, 0.2) is 4.96 Å². The zero-order valence-electron chi connectivity index (χ0n) is 16.1. The van der Waals surface area contributed by atoms with E-state index in [4.69, 9.17) is 0 Å². The van der Waals surface area contributed by atoms with Crippen molar-refractivity contribution in [1.29, 1.82) is 0 Å². The van der Waals surface area contributed by atoms with Crippen molar-refractivity contribution in [3.63, 3.8) is 0 Å². The number of aryl methyl sites for hydroxylation is 2. The minimum atomic E-state index is -0.0147. The van der Waals surface area contributed by atoms with Crippen LogP contribution in [0.25, 0.3) is 4.96 Å². The molecule has 0 unspecified atom stereocenters. The first-order valence-electron chi connectivity index (χ1n) is 9.57. The Kier molecular flexibility index (Phi) is 5.28. The number of carbonyl (C=O) groups is 1. The van der Waals surface area contributed by atoms with Gasteiger partial charge in [-0.25, -0.2) is 4.98 Å². The largest absolute Gasteiger partial charge is 0.349 e. The molecule has 3 heterocycles. The van der Waals surface area contributed by atoms with Crippen molar-refractivity contribution in [1.82, 2.24) is 19.6 Å². The van der Waals surface area contributed by atoms with Crippen molar-refractivity contribution in [3.8, 4) is 0 Å². The zero-order chi connectivity index (χ0) is 19.7. The molecule has 1 saturated heterocycles. The number of amides is 1. The van der Waals surface area contributed by atoms with Gasteiger partial charge in [0.1, 0.15) is 0 Å². The molecule has 6 nitrogen and oxygen atoms in total. The fourth-order valence-electron chi connectivity index (χ4n) is 3.74. The fourth-order valence-corrected chi connectivity index (χ4v) is 4.63. The number of thiazole rings is 1. The summed E-state index contributed by atoms with van der Waals surface area (Å²) in [6, 6.07) is 9.49. The highest BCUT2D eigenvalue weighted by molar-refractivity contribution is 7.15. The highest BCUT2D eigenvalue weighted by Crippen LogP contribution is 2.16. The van der Waals surface area contributed by atoms with E-state index in [-0.39, 0.29) is 17.5 Å². The molecule has 146 valence electrons. The topological polar surface area (TPSA) is 66.7 Å². The van der Waals surface area contributed by atoms with Gasteiger partial charge in [-0.15, -0.1) is 11.3 Å². The standard InChI is InChI=1S/C21H24N4O2S/c1-14-5-3-4-6-18(14)20(27)22-16-7-9-24(10-8-16)12-17-11-19(26)25-15(2)13-28-21(25)23-17/h3-6,11,13,16H,7-10,12H2,1-2H3,(H,22,27). The van der Waals surface area contributed by atoms with Crippen LogP contribution in [0.5, 0.6) is 0 Å². The van der Waals surface area contributed by atoms with Gasteiger partial charge in [0.05, 0.1) is 5.69 Å². The van der Waals surface area contributed by atoms with Crippen LogP contribution in [0.4, 0.5) is 0 Å². The molecule has 7 heteroatoms. The molecule has 0 saturated carbocycles. The van der Waals surface area contributed by atoms with Crippen LogP contribution < -0.4 is 10.9 Å². The predicted octanol–water partition coefficient (Wildman–Crippen LogP) is 2.77. The summed E-state index contributed by atoms with van der Waals surface area (Å²) in [6.07, 6.45) is 1.80. The highest BCUT2D eigenvalue weighted by Gasteiger charge is 2.22. The lowest BCUT2D eigenvalue weighted by atomic mass is 10.0. The van der Waals surface area contributed by atoms with Crippen LogP contribution in [-0.4, -0.2) is 39.3 Å². The van der Waals surface area contributed by atoms with Gasteiger partial charge in [-0.2, -0.15) is 0 Å². The number of fused-ring (bicyclic) bond motifs is 1. The van der Waals surface area contributed by atoms with Crippen molar-refractivity contribution < 1.29 is 4.79 Å². The van der Waals surface area contributed by atoms with Gasteiger partial charge in [-0.1, -0.05) is 18.2 Å². The van der Waals surface area contributed by atoms with Gasteiger partial charge in [-0.3, -0.25) is 18.9 Å². The SMILES string of the molecule is Cc1ccccc1C(=O)NC1CCN(Cc2cc(=O)n3c(C)csc3n2)CC1. The van der Waals surface area contributed by atoms with E-state index in [1.165, 1.54) is 11.3 Å². The van der Waals surface area contributed by atoms with Crippen molar-refractivity contribution in [2.75, 3.05) is 13.1 Å². The number of aromatic nitrogens is 2. The molecule has 1 aliphatic rings. The molecule has 0 aliphatic carbocycles. The maximum atomic E-state index is 12.5. The Morgan fingerprint density at radius 2 is 2.00 bits per heavy atom. The molecule has 2 aromatic heterocycles. The first-order chi connectivity index (χ1) is 13.5. The van der Waals surface area contributed by atoms with Crippen molar-refractivity contribution in [3.05, 3.63) is 68.6 Å². The molecule has 0 atom stereocenters. The number of likely N-dealkylation sites (tertiary alicyclic amines) is 1. The van der Waals surface area contributed by atoms with E-state index in [2.05, 4.69) is 15.2 Å². The van der Waals surface area contributed by atoms with Gasteiger partial charge in [0.25, 0.3) is 11.5 Å². The Hall–Kier alpha value is -2.51. The predicted molar refractivity (Wildman–Crippen MR) is 111 cm³/mol. The van der Waals surface area contributed by atoms with Crippen LogP contribution in [0, 0.1) is 13.8 Å². The van der Waals surface area contributed by atoms with Gasteiger partial charge < -0.3 is 5.32 Å². The summed E-state index contributed by atoms with van der Waals surface area (Å²) in [6.45, 7) is 6.30. The Balaban J connectivity index is 1.35. The average molecular weight is 397 g/mol. The number of nitrogens with one attached hydrogen (secondary N) is 1. The molecule has 3 aromatic rings. The molecule has 1 aliphatic heterocycles. The second kappa shape index (κ2) is 7.85. The summed E-state index contributed by atoms with van der Waals surface area (Å²) in [5, 5.41) is 5.12. The third-order valence-corrected chi connectivity index (χ3v) is 6.27. The monoisotopic (exact) mass is 396 g/mol. The lowest BCUT2D eigenvalue weighted by Gasteiger charge is -2.32. The Bertz CT molecular complexity index is 1060. The van der Waals surface area contributed by atoms with E-state index in [0.29, 0.717) is 6.54 Å². The first-order valence-corrected chi connectivity index (χ1v) is 10.4. The molecule has 4 rings (SSSR count). The molecule has 1 fully saturated rings. The van der Waals surface area contributed by atoms with Crippen molar-refractivity contribution >= 4 is 22.2 Å². The summed E-state index contributed by atoms with van der Waals surface area (Å²) >= 11 is 1.50. The molecule has 0 radical (unpaired) electrons. The second-order valence-corrected chi connectivity index (χ2v) is 8.26. The number of hydrogen-bond acceptors (Lipinski definition) is 5. The Morgan fingerprint density at radius 3 is 2.75 bits per heavy atom. The fraction of sp³-hybridized carbons (Fsp3) is 0.381. The molecule has 0 bridgehead atoms. The van der Waals surface area contributed by atoms with Crippen LogP contribution in [0.15, 0.2) is 40.5 Å². The number of hydrogen-bond donors (Lipinski definition) is 1. The Morgan fingerprint density at radius 1 is 1.25 bits per heavy atom. The number of piperidine rings is 1. The summed E-state index contributed by atoms with van der Waals surface area (Å²) in [5.41, 5.74) is 3.46. The smallest absolute Gasteiger partial charge is 0.259 e. The third kappa shape index (κ3) is 3.86. The third-order valence-electron chi connectivity index (χ3n) is 5.33. The molecule has 1 amide bonds. The molecular weight excluding hydrogens is 372 g/mol. The van der Waals surface area contributed by atoms with E-state index in [9.17, 15) is 9.59 Å². The van der Waals surface area contributed by atoms with Crippen molar-refractivity contribution in [2.24, 2.45) is 0 Å². The zero-order valence-corrected chi connectivity index (χ0v) is 17.0.